The van der Waals surface area contributed by atoms with E-state index < -0.39 is 6.10 Å². The summed E-state index contributed by atoms with van der Waals surface area (Å²) in [5.74, 6) is 1.69. The number of aliphatic hydroxyl groups excluding tert-OH is 1. The Kier molecular flexibility index (Phi) is 4.83. The molecule has 3 atom stereocenters. The predicted molar refractivity (Wildman–Crippen MR) is 106 cm³/mol. The Labute approximate surface area is 166 Å². The van der Waals surface area contributed by atoms with Crippen molar-refractivity contribution in [2.24, 2.45) is 0 Å². The van der Waals surface area contributed by atoms with Gasteiger partial charge in [-0.05, 0) is 24.6 Å². The fourth-order valence-electron chi connectivity index (χ4n) is 5.29. The molecule has 1 aromatic carbocycles. The monoisotopic (exact) mass is 386 g/mol. The van der Waals surface area contributed by atoms with Crippen LogP contribution in [0.1, 0.15) is 24.0 Å². The van der Waals surface area contributed by atoms with Gasteiger partial charge >= 0.3 is 0 Å². The van der Waals surface area contributed by atoms with E-state index in [0.717, 1.165) is 70.4 Å². The topological polar surface area (TPSA) is 54.4 Å². The third-order valence-electron chi connectivity index (χ3n) is 6.87. The molecule has 152 valence electrons. The van der Waals surface area contributed by atoms with Crippen LogP contribution in [0.25, 0.3) is 0 Å². The summed E-state index contributed by atoms with van der Waals surface area (Å²) in [5, 5.41) is 10.2. The highest BCUT2D eigenvalue weighted by molar-refractivity contribution is 5.61. The minimum atomic E-state index is -0.431. The van der Waals surface area contributed by atoms with Crippen LogP contribution in [0.2, 0.25) is 0 Å². The van der Waals surface area contributed by atoms with Crippen molar-refractivity contribution in [1.29, 1.82) is 0 Å². The number of morpholine rings is 1. The number of nitrogens with zero attached hydrogens (tertiary/aromatic N) is 2. The van der Waals surface area contributed by atoms with Gasteiger partial charge in [0.15, 0.2) is 11.5 Å². The summed E-state index contributed by atoms with van der Waals surface area (Å²) in [5.41, 5.74) is 2.47. The largest absolute Gasteiger partial charge is 0.493 e. The number of rotatable bonds is 4. The van der Waals surface area contributed by atoms with Crippen LogP contribution in [0.5, 0.6) is 11.5 Å². The summed E-state index contributed by atoms with van der Waals surface area (Å²) in [7, 11) is 1.70. The maximum atomic E-state index is 10.2. The van der Waals surface area contributed by atoms with E-state index in [9.17, 15) is 5.11 Å². The SMILES string of the molecule is COc1ccc2c3c1O[C@H]1C[C@@H](O)C=C[C@]31CCN(CCN1CCOCC1)C2. The zero-order chi connectivity index (χ0) is 19.1. The van der Waals surface area contributed by atoms with Gasteiger partial charge in [0.05, 0.1) is 31.8 Å². The Morgan fingerprint density at radius 2 is 2.00 bits per heavy atom. The lowest BCUT2D eigenvalue weighted by Crippen LogP contribution is -2.44. The first kappa shape index (κ1) is 18.4. The fraction of sp³-hybridized carbons (Fsp3) is 0.636. The second-order valence-corrected chi connectivity index (χ2v) is 8.42. The number of benzene rings is 1. The van der Waals surface area contributed by atoms with Gasteiger partial charge in [-0.2, -0.15) is 0 Å². The molecule has 4 aliphatic rings. The highest BCUT2D eigenvalue weighted by Gasteiger charge is 2.52. The van der Waals surface area contributed by atoms with Crippen LogP contribution in [0.15, 0.2) is 24.3 Å². The van der Waals surface area contributed by atoms with Crippen molar-refractivity contribution in [3.63, 3.8) is 0 Å². The second-order valence-electron chi connectivity index (χ2n) is 8.42. The van der Waals surface area contributed by atoms with Gasteiger partial charge in [0.2, 0.25) is 0 Å². The lowest BCUT2D eigenvalue weighted by molar-refractivity contribution is 0.0322. The van der Waals surface area contributed by atoms with Gasteiger partial charge in [0, 0.05) is 44.7 Å². The number of methoxy groups -OCH3 is 1. The fourth-order valence-corrected chi connectivity index (χ4v) is 5.29. The van der Waals surface area contributed by atoms with Gasteiger partial charge in [-0.1, -0.05) is 18.2 Å². The van der Waals surface area contributed by atoms with E-state index in [1.54, 1.807) is 7.11 Å². The number of aliphatic hydroxyl groups is 1. The van der Waals surface area contributed by atoms with Crippen molar-refractivity contribution in [2.75, 3.05) is 53.0 Å². The molecule has 1 aromatic rings. The maximum absolute atomic E-state index is 10.2. The van der Waals surface area contributed by atoms with Gasteiger partial charge in [0.1, 0.15) is 6.10 Å². The smallest absolute Gasteiger partial charge is 0.166 e. The third kappa shape index (κ3) is 3.03. The van der Waals surface area contributed by atoms with Gasteiger partial charge < -0.3 is 19.3 Å². The summed E-state index contributed by atoms with van der Waals surface area (Å²) < 4.78 is 17.5. The van der Waals surface area contributed by atoms with Crippen LogP contribution < -0.4 is 9.47 Å². The molecule has 0 unspecified atom stereocenters. The van der Waals surface area contributed by atoms with E-state index in [4.69, 9.17) is 14.2 Å². The summed E-state index contributed by atoms with van der Waals surface area (Å²) >= 11 is 0. The molecule has 1 saturated heterocycles. The van der Waals surface area contributed by atoms with E-state index in [-0.39, 0.29) is 11.5 Å². The van der Waals surface area contributed by atoms with E-state index >= 15 is 0 Å². The standard InChI is InChI=1S/C22H30N2O4/c1-26-18-3-2-16-15-24(9-8-23-10-12-27-13-11-23)7-6-22-5-4-17(25)14-19(22)28-21(18)20(16)22/h2-5,17,19,25H,6-15H2,1H3/t17-,19-,22+/m0/s1. The van der Waals surface area contributed by atoms with Crippen molar-refractivity contribution >= 4 is 0 Å². The zero-order valence-corrected chi connectivity index (χ0v) is 16.6. The van der Waals surface area contributed by atoms with E-state index in [1.165, 1.54) is 11.1 Å². The molecule has 0 saturated carbocycles. The zero-order valence-electron chi connectivity index (χ0n) is 16.6. The Bertz CT molecular complexity index is 761. The summed E-state index contributed by atoms with van der Waals surface area (Å²) in [6.07, 6.45) is 5.38. The molecule has 1 spiro atoms. The molecular weight excluding hydrogens is 356 g/mol. The molecule has 28 heavy (non-hydrogen) atoms. The Morgan fingerprint density at radius 1 is 1.18 bits per heavy atom. The molecule has 0 bridgehead atoms. The average molecular weight is 386 g/mol. The second kappa shape index (κ2) is 7.34. The van der Waals surface area contributed by atoms with Crippen molar-refractivity contribution in [3.05, 3.63) is 35.4 Å². The van der Waals surface area contributed by atoms with Crippen LogP contribution in [-0.2, 0) is 16.7 Å². The van der Waals surface area contributed by atoms with Gasteiger partial charge in [-0.15, -0.1) is 0 Å². The average Bonchev–Trinajstić information content (AvgIpc) is 2.96. The molecule has 0 aromatic heterocycles. The van der Waals surface area contributed by atoms with E-state index in [0.29, 0.717) is 6.42 Å². The lowest BCUT2D eigenvalue weighted by Gasteiger charge is -2.36. The predicted octanol–water partition coefficient (Wildman–Crippen LogP) is 1.55. The minimum absolute atomic E-state index is 0.0169. The summed E-state index contributed by atoms with van der Waals surface area (Å²) in [4.78, 5) is 5.07. The van der Waals surface area contributed by atoms with Crippen molar-refractivity contribution < 1.29 is 19.3 Å². The van der Waals surface area contributed by atoms with Crippen molar-refractivity contribution in [3.8, 4) is 11.5 Å². The molecule has 6 nitrogen and oxygen atoms in total. The highest BCUT2D eigenvalue weighted by atomic mass is 16.5. The molecule has 1 N–H and O–H groups in total. The van der Waals surface area contributed by atoms with Crippen LogP contribution in [0, 0.1) is 0 Å². The Morgan fingerprint density at radius 3 is 2.82 bits per heavy atom. The van der Waals surface area contributed by atoms with Crippen LogP contribution >= 0.6 is 0 Å². The van der Waals surface area contributed by atoms with Crippen molar-refractivity contribution in [1.82, 2.24) is 9.80 Å². The molecular formula is C22H30N2O4. The Balaban J connectivity index is 1.43. The van der Waals surface area contributed by atoms with Crippen LogP contribution in [-0.4, -0.2) is 80.2 Å². The molecule has 0 amide bonds. The molecule has 5 rings (SSSR count). The molecule has 1 fully saturated rings. The minimum Gasteiger partial charge on any atom is -0.493 e. The lowest BCUT2D eigenvalue weighted by atomic mass is 9.69. The van der Waals surface area contributed by atoms with Gasteiger partial charge in [-0.25, -0.2) is 0 Å². The first-order valence-electron chi connectivity index (χ1n) is 10.5. The molecule has 0 radical (unpaired) electrons. The first-order valence-corrected chi connectivity index (χ1v) is 10.5. The van der Waals surface area contributed by atoms with Crippen LogP contribution in [0.3, 0.4) is 0 Å². The molecule has 3 heterocycles. The normalized spacial score (nSPS) is 32.4. The van der Waals surface area contributed by atoms with Gasteiger partial charge in [0.25, 0.3) is 0 Å². The summed E-state index contributed by atoms with van der Waals surface area (Å²) in [6.45, 7) is 7.88. The number of hydrogen-bond donors (Lipinski definition) is 1. The van der Waals surface area contributed by atoms with Crippen molar-refractivity contribution in [2.45, 2.75) is 37.0 Å². The van der Waals surface area contributed by atoms with E-state index in [1.807, 2.05) is 12.1 Å². The molecule has 3 aliphatic heterocycles. The Hall–Kier alpha value is -1.60. The first-order chi connectivity index (χ1) is 13.7. The van der Waals surface area contributed by atoms with E-state index in [2.05, 4.69) is 21.9 Å². The third-order valence-corrected chi connectivity index (χ3v) is 6.87. The quantitative estimate of drug-likeness (QED) is 0.793. The number of hydrogen-bond acceptors (Lipinski definition) is 6. The van der Waals surface area contributed by atoms with Gasteiger partial charge in [-0.3, -0.25) is 9.80 Å². The molecule has 1 aliphatic carbocycles. The summed E-state index contributed by atoms with van der Waals surface area (Å²) in [6, 6.07) is 4.24. The maximum Gasteiger partial charge on any atom is 0.166 e. The number of ether oxygens (including phenoxy) is 3. The highest BCUT2D eigenvalue weighted by Crippen LogP contribution is 2.55. The molecule has 6 heteroatoms. The van der Waals surface area contributed by atoms with Crippen LogP contribution in [0.4, 0.5) is 0 Å².